The molecule has 46 heavy (non-hydrogen) atoms. The van der Waals surface area contributed by atoms with Crippen molar-refractivity contribution in [2.75, 3.05) is 17.4 Å². The molecule has 4 aromatic rings. The van der Waals surface area contributed by atoms with Crippen LogP contribution in [0.15, 0.2) is 102 Å². The lowest BCUT2D eigenvalue weighted by Crippen LogP contribution is -2.54. The number of nitrogens with one attached hydrogen (secondary N) is 1. The number of hydrogen-bond acceptors (Lipinski definition) is 4. The van der Waals surface area contributed by atoms with Gasteiger partial charge in [-0.1, -0.05) is 103 Å². The number of rotatable bonds is 13. The Hall–Kier alpha value is -3.56. The van der Waals surface area contributed by atoms with E-state index < -0.39 is 28.5 Å². The second-order valence-corrected chi connectivity index (χ2v) is 14.4. The Morgan fingerprint density at radius 2 is 1.41 bits per heavy atom. The van der Waals surface area contributed by atoms with Crippen LogP contribution >= 0.6 is 34.8 Å². The van der Waals surface area contributed by atoms with E-state index in [1.165, 1.54) is 29.2 Å². The summed E-state index contributed by atoms with van der Waals surface area (Å²) < 4.78 is 29.4. The van der Waals surface area contributed by atoms with E-state index in [1.54, 1.807) is 49.4 Å². The summed E-state index contributed by atoms with van der Waals surface area (Å²) in [5.74, 6) is -0.834. The maximum atomic E-state index is 14.6. The van der Waals surface area contributed by atoms with E-state index in [0.717, 1.165) is 9.87 Å². The molecular formula is C35H36Cl3N3O4S. The highest BCUT2D eigenvalue weighted by molar-refractivity contribution is 7.92. The van der Waals surface area contributed by atoms with Crippen molar-refractivity contribution in [1.29, 1.82) is 0 Å². The molecule has 0 aliphatic carbocycles. The molecule has 1 atom stereocenters. The normalized spacial score (nSPS) is 12.1. The number of halogens is 3. The van der Waals surface area contributed by atoms with E-state index in [1.807, 2.05) is 44.2 Å². The lowest BCUT2D eigenvalue weighted by Gasteiger charge is -2.34. The van der Waals surface area contributed by atoms with Crippen LogP contribution in [-0.2, 0) is 32.6 Å². The molecule has 0 heterocycles. The zero-order chi connectivity index (χ0) is 33.4. The molecular weight excluding hydrogens is 665 g/mol. The zero-order valence-corrected chi connectivity index (χ0v) is 28.9. The van der Waals surface area contributed by atoms with Crippen LogP contribution < -0.4 is 9.62 Å². The molecule has 0 fully saturated rings. The summed E-state index contributed by atoms with van der Waals surface area (Å²) in [5.41, 5.74) is 2.23. The summed E-state index contributed by atoms with van der Waals surface area (Å²) in [6.07, 6.45) is 0.173. The SMILES string of the molecule is Cc1ccccc1N(CC(=O)N(Cc1c(Cl)cccc1Cl)[C@H](Cc1ccccc1)C(=O)NCC(C)C)S(=O)(=O)c1ccc(Cl)cc1. The number of carbonyl (C=O) groups is 2. The quantitative estimate of drug-likeness (QED) is 0.156. The third-order valence-corrected chi connectivity index (χ3v) is 10.1. The molecule has 4 rings (SSSR count). The van der Waals surface area contributed by atoms with Crippen LogP contribution in [0.4, 0.5) is 5.69 Å². The second kappa shape index (κ2) is 15.8. The maximum Gasteiger partial charge on any atom is 0.264 e. The molecule has 242 valence electrons. The Bertz CT molecular complexity index is 1750. The van der Waals surface area contributed by atoms with E-state index >= 15 is 0 Å². The van der Waals surface area contributed by atoms with Gasteiger partial charge < -0.3 is 10.2 Å². The van der Waals surface area contributed by atoms with Gasteiger partial charge in [-0.05, 0) is 66.4 Å². The highest BCUT2D eigenvalue weighted by atomic mass is 35.5. The third kappa shape index (κ3) is 8.82. The van der Waals surface area contributed by atoms with Gasteiger partial charge >= 0.3 is 0 Å². The highest BCUT2D eigenvalue weighted by Crippen LogP contribution is 2.30. The molecule has 0 aliphatic rings. The largest absolute Gasteiger partial charge is 0.354 e. The minimum absolute atomic E-state index is 0.0378. The first-order valence-electron chi connectivity index (χ1n) is 14.8. The first-order valence-corrected chi connectivity index (χ1v) is 17.3. The first-order chi connectivity index (χ1) is 21.9. The van der Waals surface area contributed by atoms with Crippen LogP contribution in [-0.4, -0.2) is 44.3 Å². The highest BCUT2D eigenvalue weighted by Gasteiger charge is 2.35. The Balaban J connectivity index is 1.84. The Morgan fingerprint density at radius 3 is 2.02 bits per heavy atom. The average molecular weight is 701 g/mol. The lowest BCUT2D eigenvalue weighted by molar-refractivity contribution is -0.140. The molecule has 11 heteroatoms. The van der Waals surface area contributed by atoms with Gasteiger partial charge in [0, 0.05) is 40.1 Å². The van der Waals surface area contributed by atoms with Crippen LogP contribution in [0.1, 0.15) is 30.5 Å². The fourth-order valence-electron chi connectivity index (χ4n) is 4.92. The van der Waals surface area contributed by atoms with Gasteiger partial charge in [0.1, 0.15) is 12.6 Å². The van der Waals surface area contributed by atoms with Crippen molar-refractivity contribution in [1.82, 2.24) is 10.2 Å². The fraction of sp³-hybridized carbons (Fsp3) is 0.257. The molecule has 7 nitrogen and oxygen atoms in total. The number of nitrogens with zero attached hydrogens (tertiary/aromatic N) is 2. The predicted octanol–water partition coefficient (Wildman–Crippen LogP) is 7.56. The average Bonchev–Trinajstić information content (AvgIpc) is 3.02. The van der Waals surface area contributed by atoms with Crippen molar-refractivity contribution in [2.45, 2.75) is 44.7 Å². The number of hydrogen-bond donors (Lipinski definition) is 1. The van der Waals surface area contributed by atoms with Crippen molar-refractivity contribution in [3.63, 3.8) is 0 Å². The Morgan fingerprint density at radius 1 is 0.804 bits per heavy atom. The summed E-state index contributed by atoms with van der Waals surface area (Å²) >= 11 is 19.2. The van der Waals surface area contributed by atoms with Crippen LogP contribution in [0.2, 0.25) is 15.1 Å². The molecule has 0 bridgehead atoms. The number of aryl methyl sites for hydroxylation is 1. The number of amides is 2. The van der Waals surface area contributed by atoms with Crippen molar-refractivity contribution in [3.05, 3.63) is 129 Å². The molecule has 0 aromatic heterocycles. The van der Waals surface area contributed by atoms with E-state index in [2.05, 4.69) is 5.32 Å². The Kier molecular flexibility index (Phi) is 12.1. The first kappa shape index (κ1) is 35.3. The van der Waals surface area contributed by atoms with E-state index in [0.29, 0.717) is 38.4 Å². The minimum atomic E-state index is -4.26. The van der Waals surface area contributed by atoms with Crippen LogP contribution in [0.3, 0.4) is 0 Å². The van der Waals surface area contributed by atoms with Crippen molar-refractivity contribution < 1.29 is 18.0 Å². The van der Waals surface area contributed by atoms with Gasteiger partial charge in [0.05, 0.1) is 10.6 Å². The van der Waals surface area contributed by atoms with Gasteiger partial charge in [0.2, 0.25) is 11.8 Å². The van der Waals surface area contributed by atoms with E-state index in [9.17, 15) is 18.0 Å². The molecule has 4 aromatic carbocycles. The zero-order valence-electron chi connectivity index (χ0n) is 25.8. The van der Waals surface area contributed by atoms with Gasteiger partial charge in [-0.2, -0.15) is 0 Å². The number of para-hydroxylation sites is 1. The lowest BCUT2D eigenvalue weighted by atomic mass is 10.0. The molecule has 0 saturated carbocycles. The summed E-state index contributed by atoms with van der Waals surface area (Å²) in [6.45, 7) is 5.37. The topological polar surface area (TPSA) is 86.8 Å². The van der Waals surface area contributed by atoms with Crippen molar-refractivity contribution in [2.24, 2.45) is 5.92 Å². The summed E-state index contributed by atoms with van der Waals surface area (Å²) in [7, 11) is -4.26. The summed E-state index contributed by atoms with van der Waals surface area (Å²) in [4.78, 5) is 29.8. The molecule has 1 N–H and O–H groups in total. The van der Waals surface area contributed by atoms with Gasteiger partial charge in [-0.25, -0.2) is 8.42 Å². The number of sulfonamides is 1. The number of carbonyl (C=O) groups excluding carboxylic acids is 2. The van der Waals surface area contributed by atoms with Crippen LogP contribution in [0, 0.1) is 12.8 Å². The van der Waals surface area contributed by atoms with Gasteiger partial charge in [-0.3, -0.25) is 13.9 Å². The number of benzene rings is 4. The molecule has 0 saturated heterocycles. The fourth-order valence-corrected chi connectivity index (χ4v) is 7.04. The minimum Gasteiger partial charge on any atom is -0.354 e. The molecule has 0 unspecified atom stereocenters. The molecule has 0 aliphatic heterocycles. The summed E-state index contributed by atoms with van der Waals surface area (Å²) in [6, 6.07) is 26.0. The van der Waals surface area contributed by atoms with Crippen LogP contribution in [0.5, 0.6) is 0 Å². The number of anilines is 1. The van der Waals surface area contributed by atoms with Gasteiger partial charge in [-0.15, -0.1) is 0 Å². The second-order valence-electron chi connectivity index (χ2n) is 11.3. The van der Waals surface area contributed by atoms with Gasteiger partial charge in [0.25, 0.3) is 10.0 Å². The standard InChI is InChI=1S/C35H36Cl3N3O4S/c1-24(2)21-39-35(43)33(20-26-11-5-4-6-12-26)40(22-29-30(37)13-9-14-31(29)38)34(42)23-41(32-15-8-7-10-25(32)3)46(44,45)28-18-16-27(36)17-19-28/h4-19,24,33H,20-23H2,1-3H3,(H,39,43)/t33-/m1/s1. The monoisotopic (exact) mass is 699 g/mol. The van der Waals surface area contributed by atoms with Gasteiger partial charge in [0.15, 0.2) is 0 Å². The summed E-state index contributed by atoms with van der Waals surface area (Å²) in [5, 5.41) is 3.97. The molecule has 2 amide bonds. The van der Waals surface area contributed by atoms with Crippen LogP contribution in [0.25, 0.3) is 0 Å². The van der Waals surface area contributed by atoms with Crippen molar-refractivity contribution >= 4 is 62.3 Å². The Labute approximate surface area is 286 Å². The molecule has 0 spiro atoms. The van der Waals surface area contributed by atoms with Crippen molar-refractivity contribution in [3.8, 4) is 0 Å². The van der Waals surface area contributed by atoms with E-state index in [-0.39, 0.29) is 29.7 Å². The smallest absolute Gasteiger partial charge is 0.264 e. The predicted molar refractivity (Wildman–Crippen MR) is 186 cm³/mol. The van der Waals surface area contributed by atoms with E-state index in [4.69, 9.17) is 34.8 Å². The maximum absolute atomic E-state index is 14.6. The third-order valence-electron chi connectivity index (χ3n) is 7.41. The molecule has 0 radical (unpaired) electrons.